The standard InChI is InChI=1S/C21H20ClFN8/c22-17-2-1-3-18(19(17)23)30-12-27-29-21(30)16-8-13(9-26-20(16)24)14-10-28-31(11-14)15-4-6-25-7-5-15/h1-3,8-12,15,25H,4-7H2,(H2,24,26). The first-order valence-electron chi connectivity index (χ1n) is 9.97. The molecule has 0 amide bonds. The van der Waals surface area contributed by atoms with E-state index in [1.165, 1.54) is 17.0 Å². The minimum absolute atomic E-state index is 0.0160. The van der Waals surface area contributed by atoms with Crippen LogP contribution in [0.1, 0.15) is 18.9 Å². The van der Waals surface area contributed by atoms with Gasteiger partial charge < -0.3 is 11.1 Å². The third kappa shape index (κ3) is 3.66. The summed E-state index contributed by atoms with van der Waals surface area (Å²) in [5.74, 6) is 0.0843. The van der Waals surface area contributed by atoms with Crippen LogP contribution in [0.15, 0.2) is 49.2 Å². The Labute approximate surface area is 182 Å². The van der Waals surface area contributed by atoms with Crippen LogP contribution in [0.4, 0.5) is 10.2 Å². The molecule has 3 N–H and O–H groups in total. The molecule has 0 aliphatic carbocycles. The topological polar surface area (TPSA) is 99.5 Å². The molecule has 1 fully saturated rings. The second-order valence-electron chi connectivity index (χ2n) is 7.44. The number of aromatic nitrogens is 6. The Morgan fingerprint density at radius 3 is 2.84 bits per heavy atom. The Morgan fingerprint density at radius 2 is 2.00 bits per heavy atom. The molecule has 1 aromatic carbocycles. The first kappa shape index (κ1) is 19.7. The molecule has 4 heterocycles. The van der Waals surface area contributed by atoms with Gasteiger partial charge in [0.25, 0.3) is 0 Å². The maximum atomic E-state index is 14.6. The maximum absolute atomic E-state index is 14.6. The molecule has 0 unspecified atom stereocenters. The van der Waals surface area contributed by atoms with E-state index in [4.69, 9.17) is 17.3 Å². The smallest absolute Gasteiger partial charge is 0.172 e. The molecule has 5 rings (SSSR count). The van der Waals surface area contributed by atoms with Gasteiger partial charge in [0.05, 0.1) is 28.5 Å². The van der Waals surface area contributed by atoms with Gasteiger partial charge in [0, 0.05) is 23.5 Å². The largest absolute Gasteiger partial charge is 0.383 e. The van der Waals surface area contributed by atoms with E-state index in [1.54, 1.807) is 18.3 Å². The van der Waals surface area contributed by atoms with Crippen molar-refractivity contribution in [2.75, 3.05) is 18.8 Å². The molecule has 1 aliphatic rings. The van der Waals surface area contributed by atoms with Crippen molar-refractivity contribution in [1.82, 2.24) is 34.8 Å². The number of hydrogen-bond acceptors (Lipinski definition) is 6. The lowest BCUT2D eigenvalue weighted by molar-refractivity contribution is 0.343. The van der Waals surface area contributed by atoms with E-state index in [2.05, 4.69) is 25.6 Å². The molecule has 158 valence electrons. The first-order chi connectivity index (χ1) is 15.1. The van der Waals surface area contributed by atoms with Gasteiger partial charge in [-0.05, 0) is 44.1 Å². The average Bonchev–Trinajstić information content (AvgIpc) is 3.47. The van der Waals surface area contributed by atoms with E-state index in [-0.39, 0.29) is 16.5 Å². The summed E-state index contributed by atoms with van der Waals surface area (Å²) in [6, 6.07) is 7.00. The van der Waals surface area contributed by atoms with Crippen LogP contribution in [-0.2, 0) is 0 Å². The van der Waals surface area contributed by atoms with Crippen molar-refractivity contribution >= 4 is 17.4 Å². The third-order valence-electron chi connectivity index (χ3n) is 5.52. The van der Waals surface area contributed by atoms with Crippen molar-refractivity contribution in [3.05, 3.63) is 60.0 Å². The molecule has 0 saturated carbocycles. The number of halogens is 2. The van der Waals surface area contributed by atoms with Crippen LogP contribution in [0.3, 0.4) is 0 Å². The van der Waals surface area contributed by atoms with Gasteiger partial charge in [0.15, 0.2) is 11.6 Å². The number of pyridine rings is 1. The van der Waals surface area contributed by atoms with Gasteiger partial charge in [-0.1, -0.05) is 17.7 Å². The van der Waals surface area contributed by atoms with Crippen molar-refractivity contribution in [2.24, 2.45) is 0 Å². The van der Waals surface area contributed by atoms with Crippen LogP contribution in [0.25, 0.3) is 28.2 Å². The van der Waals surface area contributed by atoms with Crippen LogP contribution >= 0.6 is 11.6 Å². The Bertz CT molecular complexity index is 1230. The Balaban J connectivity index is 1.53. The van der Waals surface area contributed by atoms with Crippen LogP contribution in [0.2, 0.25) is 5.02 Å². The monoisotopic (exact) mass is 438 g/mol. The molecule has 1 aliphatic heterocycles. The van der Waals surface area contributed by atoms with E-state index in [1.807, 2.05) is 23.1 Å². The molecule has 0 radical (unpaired) electrons. The quantitative estimate of drug-likeness (QED) is 0.506. The Morgan fingerprint density at radius 1 is 1.16 bits per heavy atom. The van der Waals surface area contributed by atoms with Gasteiger partial charge in [-0.2, -0.15) is 5.10 Å². The van der Waals surface area contributed by atoms with Crippen molar-refractivity contribution in [3.63, 3.8) is 0 Å². The van der Waals surface area contributed by atoms with Crippen molar-refractivity contribution < 1.29 is 4.39 Å². The molecule has 4 aromatic rings. The number of piperidine rings is 1. The van der Waals surface area contributed by atoms with Crippen LogP contribution < -0.4 is 11.1 Å². The molecule has 0 atom stereocenters. The lowest BCUT2D eigenvalue weighted by atomic mass is 10.1. The minimum atomic E-state index is -0.559. The first-order valence-corrected chi connectivity index (χ1v) is 10.3. The normalized spacial score (nSPS) is 14.8. The van der Waals surface area contributed by atoms with Gasteiger partial charge in [-0.15, -0.1) is 10.2 Å². The number of benzene rings is 1. The molecule has 8 nitrogen and oxygen atoms in total. The number of anilines is 1. The van der Waals surface area contributed by atoms with E-state index in [0.29, 0.717) is 17.4 Å². The number of hydrogen-bond donors (Lipinski definition) is 2. The molecular formula is C21H20ClFN8. The fourth-order valence-electron chi connectivity index (χ4n) is 3.84. The number of nitrogens with zero attached hydrogens (tertiary/aromatic N) is 6. The van der Waals surface area contributed by atoms with Crippen molar-refractivity contribution in [1.29, 1.82) is 0 Å². The molecule has 31 heavy (non-hydrogen) atoms. The van der Waals surface area contributed by atoms with Crippen LogP contribution in [-0.4, -0.2) is 42.6 Å². The van der Waals surface area contributed by atoms with Gasteiger partial charge in [-0.25, -0.2) is 9.37 Å². The second kappa shape index (κ2) is 8.09. The summed E-state index contributed by atoms with van der Waals surface area (Å²) < 4.78 is 18.1. The number of nitrogens with one attached hydrogen (secondary N) is 1. The molecule has 3 aromatic heterocycles. The zero-order valence-electron chi connectivity index (χ0n) is 16.5. The summed E-state index contributed by atoms with van der Waals surface area (Å²) in [6.45, 7) is 1.98. The Hall–Kier alpha value is -3.30. The third-order valence-corrected chi connectivity index (χ3v) is 5.81. The van der Waals surface area contributed by atoms with E-state index in [9.17, 15) is 4.39 Å². The predicted molar refractivity (Wildman–Crippen MR) is 116 cm³/mol. The summed E-state index contributed by atoms with van der Waals surface area (Å²) >= 11 is 5.95. The summed E-state index contributed by atoms with van der Waals surface area (Å²) in [4.78, 5) is 4.34. The molecule has 0 spiro atoms. The van der Waals surface area contributed by atoms with Crippen LogP contribution in [0.5, 0.6) is 0 Å². The van der Waals surface area contributed by atoms with Crippen molar-refractivity contribution in [2.45, 2.75) is 18.9 Å². The van der Waals surface area contributed by atoms with E-state index >= 15 is 0 Å². The summed E-state index contributed by atoms with van der Waals surface area (Å²) in [7, 11) is 0. The summed E-state index contributed by atoms with van der Waals surface area (Å²) in [5.41, 5.74) is 8.70. The highest BCUT2D eigenvalue weighted by molar-refractivity contribution is 6.30. The molecule has 0 bridgehead atoms. The van der Waals surface area contributed by atoms with Crippen LogP contribution in [0, 0.1) is 5.82 Å². The Kier molecular flexibility index (Phi) is 5.13. The van der Waals surface area contributed by atoms with Gasteiger partial charge in [0.1, 0.15) is 12.1 Å². The molecule has 1 saturated heterocycles. The second-order valence-corrected chi connectivity index (χ2v) is 7.85. The zero-order valence-corrected chi connectivity index (χ0v) is 17.3. The highest BCUT2D eigenvalue weighted by Crippen LogP contribution is 2.31. The average molecular weight is 439 g/mol. The number of rotatable bonds is 4. The van der Waals surface area contributed by atoms with E-state index < -0.39 is 5.82 Å². The predicted octanol–water partition coefficient (Wildman–Crippen LogP) is 3.49. The molecule has 10 heteroatoms. The fraction of sp³-hybridized carbons (Fsp3) is 0.238. The number of nitrogens with two attached hydrogens (primary N) is 1. The van der Waals surface area contributed by atoms with Gasteiger partial charge in [-0.3, -0.25) is 9.25 Å². The highest BCUT2D eigenvalue weighted by atomic mass is 35.5. The van der Waals surface area contributed by atoms with Gasteiger partial charge >= 0.3 is 0 Å². The lowest BCUT2D eigenvalue weighted by Gasteiger charge is -2.22. The summed E-state index contributed by atoms with van der Waals surface area (Å²) in [5, 5.41) is 16.0. The number of nitrogen functional groups attached to an aromatic ring is 1. The fourth-order valence-corrected chi connectivity index (χ4v) is 4.01. The zero-order chi connectivity index (χ0) is 21.4. The van der Waals surface area contributed by atoms with E-state index in [0.717, 1.165) is 37.1 Å². The lowest BCUT2D eigenvalue weighted by Crippen LogP contribution is -2.29. The van der Waals surface area contributed by atoms with Gasteiger partial charge in [0.2, 0.25) is 0 Å². The molecular weight excluding hydrogens is 419 g/mol. The maximum Gasteiger partial charge on any atom is 0.172 e. The summed E-state index contributed by atoms with van der Waals surface area (Å²) in [6.07, 6.45) is 9.05. The van der Waals surface area contributed by atoms with Crippen molar-refractivity contribution in [3.8, 4) is 28.2 Å². The minimum Gasteiger partial charge on any atom is -0.383 e. The highest BCUT2D eigenvalue weighted by Gasteiger charge is 2.19. The SMILES string of the molecule is Nc1ncc(-c2cnn(C3CCNCC3)c2)cc1-c1nncn1-c1cccc(Cl)c1F.